The van der Waals surface area contributed by atoms with Crippen LogP contribution in [0.3, 0.4) is 0 Å². The van der Waals surface area contributed by atoms with Gasteiger partial charge in [0.15, 0.2) is 9.84 Å². The molecule has 0 aliphatic rings. The van der Waals surface area contributed by atoms with Gasteiger partial charge in [-0.1, -0.05) is 29.8 Å². The number of hydrogen-bond acceptors (Lipinski definition) is 3. The molecule has 0 saturated carbocycles. The van der Waals surface area contributed by atoms with Gasteiger partial charge < -0.3 is 5.73 Å². The SMILES string of the molecule is Cc1cc(C)c(CS(=O)(=O)c2ccccc2N)c(C)c1. The van der Waals surface area contributed by atoms with Crippen molar-refractivity contribution in [3.05, 3.63) is 58.7 Å². The molecule has 0 radical (unpaired) electrons. The molecule has 20 heavy (non-hydrogen) atoms. The standard InChI is InChI=1S/C16H19NO2S/c1-11-8-12(2)14(13(3)9-11)10-20(18,19)16-7-5-4-6-15(16)17/h4-9H,10,17H2,1-3H3. The summed E-state index contributed by atoms with van der Waals surface area (Å²) < 4.78 is 25.1. The lowest BCUT2D eigenvalue weighted by molar-refractivity contribution is 0.595. The molecule has 2 aromatic carbocycles. The Hall–Kier alpha value is -1.81. The Balaban J connectivity index is 2.47. The van der Waals surface area contributed by atoms with Gasteiger partial charge in [0, 0.05) is 0 Å². The van der Waals surface area contributed by atoms with Crippen LogP contribution in [0.4, 0.5) is 5.69 Å². The second-order valence-corrected chi connectivity index (χ2v) is 7.13. The summed E-state index contributed by atoms with van der Waals surface area (Å²) >= 11 is 0. The third-order valence-electron chi connectivity index (χ3n) is 3.43. The van der Waals surface area contributed by atoms with Crippen LogP contribution < -0.4 is 5.73 Å². The number of benzene rings is 2. The van der Waals surface area contributed by atoms with Gasteiger partial charge in [-0.05, 0) is 49.6 Å². The van der Waals surface area contributed by atoms with Crippen molar-refractivity contribution < 1.29 is 8.42 Å². The van der Waals surface area contributed by atoms with Crippen molar-refractivity contribution in [3.8, 4) is 0 Å². The molecule has 106 valence electrons. The highest BCUT2D eigenvalue weighted by Gasteiger charge is 2.20. The fraction of sp³-hybridized carbons (Fsp3) is 0.250. The largest absolute Gasteiger partial charge is 0.398 e. The number of aryl methyl sites for hydroxylation is 3. The summed E-state index contributed by atoms with van der Waals surface area (Å²) in [6.45, 7) is 5.89. The lowest BCUT2D eigenvalue weighted by Crippen LogP contribution is -2.10. The second-order valence-electron chi connectivity index (χ2n) is 5.17. The summed E-state index contributed by atoms with van der Waals surface area (Å²) in [6.07, 6.45) is 0. The predicted octanol–water partition coefficient (Wildman–Crippen LogP) is 3.17. The van der Waals surface area contributed by atoms with Crippen LogP contribution in [0, 0.1) is 20.8 Å². The second kappa shape index (κ2) is 5.29. The third-order valence-corrected chi connectivity index (χ3v) is 5.14. The molecule has 3 nitrogen and oxygen atoms in total. The molecular weight excluding hydrogens is 270 g/mol. The molecule has 0 amide bonds. The van der Waals surface area contributed by atoms with E-state index in [1.807, 2.05) is 32.9 Å². The molecule has 0 aromatic heterocycles. The van der Waals surface area contributed by atoms with Crippen molar-refractivity contribution in [1.82, 2.24) is 0 Å². The number of nitrogens with two attached hydrogens (primary N) is 1. The monoisotopic (exact) mass is 289 g/mol. The molecule has 0 unspecified atom stereocenters. The van der Waals surface area contributed by atoms with Gasteiger partial charge in [0.2, 0.25) is 0 Å². The topological polar surface area (TPSA) is 60.2 Å². The van der Waals surface area contributed by atoms with Crippen LogP contribution in [0.1, 0.15) is 22.3 Å². The molecule has 0 saturated heterocycles. The Morgan fingerprint density at radius 3 is 2.10 bits per heavy atom. The molecule has 0 bridgehead atoms. The van der Waals surface area contributed by atoms with E-state index in [4.69, 9.17) is 5.73 Å². The molecule has 2 aromatic rings. The van der Waals surface area contributed by atoms with Gasteiger partial charge in [-0.15, -0.1) is 0 Å². The minimum absolute atomic E-state index is 0.0147. The van der Waals surface area contributed by atoms with Crippen molar-refractivity contribution in [2.75, 3.05) is 5.73 Å². The zero-order chi connectivity index (χ0) is 14.9. The van der Waals surface area contributed by atoms with E-state index in [-0.39, 0.29) is 10.6 Å². The van der Waals surface area contributed by atoms with Crippen LogP contribution in [-0.2, 0) is 15.6 Å². The first-order valence-electron chi connectivity index (χ1n) is 6.45. The Morgan fingerprint density at radius 2 is 1.55 bits per heavy atom. The lowest BCUT2D eigenvalue weighted by Gasteiger charge is -2.13. The zero-order valence-electron chi connectivity index (χ0n) is 12.0. The van der Waals surface area contributed by atoms with E-state index in [0.29, 0.717) is 5.69 Å². The molecule has 0 aliphatic heterocycles. The molecule has 2 rings (SSSR count). The first-order valence-corrected chi connectivity index (χ1v) is 8.10. The summed E-state index contributed by atoms with van der Waals surface area (Å²) in [7, 11) is -3.43. The smallest absolute Gasteiger partial charge is 0.184 e. The van der Waals surface area contributed by atoms with E-state index in [0.717, 1.165) is 22.3 Å². The van der Waals surface area contributed by atoms with Gasteiger partial charge in [0.05, 0.1) is 16.3 Å². The highest BCUT2D eigenvalue weighted by atomic mass is 32.2. The maximum absolute atomic E-state index is 12.5. The average Bonchev–Trinajstić information content (AvgIpc) is 2.34. The third kappa shape index (κ3) is 2.85. The Kier molecular flexibility index (Phi) is 3.86. The van der Waals surface area contributed by atoms with Crippen molar-refractivity contribution >= 4 is 15.5 Å². The fourth-order valence-corrected chi connectivity index (χ4v) is 4.17. The molecule has 2 N–H and O–H groups in total. The van der Waals surface area contributed by atoms with Crippen LogP contribution in [0.25, 0.3) is 0 Å². The van der Waals surface area contributed by atoms with Crippen molar-refractivity contribution in [2.45, 2.75) is 31.4 Å². The van der Waals surface area contributed by atoms with Gasteiger partial charge >= 0.3 is 0 Å². The molecule has 0 aliphatic carbocycles. The molecular formula is C16H19NO2S. The number of hydrogen-bond donors (Lipinski definition) is 1. The van der Waals surface area contributed by atoms with Gasteiger partial charge in [0.1, 0.15) is 0 Å². The van der Waals surface area contributed by atoms with E-state index in [9.17, 15) is 8.42 Å². The van der Waals surface area contributed by atoms with E-state index < -0.39 is 9.84 Å². The van der Waals surface area contributed by atoms with Crippen molar-refractivity contribution in [3.63, 3.8) is 0 Å². The summed E-state index contributed by atoms with van der Waals surface area (Å²) in [5.74, 6) is -0.0147. The Morgan fingerprint density at radius 1 is 1.00 bits per heavy atom. The Labute approximate surface area is 120 Å². The van der Waals surface area contributed by atoms with Gasteiger partial charge in [-0.3, -0.25) is 0 Å². The summed E-state index contributed by atoms with van der Waals surface area (Å²) in [5, 5.41) is 0. The van der Waals surface area contributed by atoms with Gasteiger partial charge in [0.25, 0.3) is 0 Å². The van der Waals surface area contributed by atoms with Crippen molar-refractivity contribution in [2.24, 2.45) is 0 Å². The van der Waals surface area contributed by atoms with Crippen LogP contribution >= 0.6 is 0 Å². The van der Waals surface area contributed by atoms with Gasteiger partial charge in [-0.25, -0.2) is 8.42 Å². The maximum Gasteiger partial charge on any atom is 0.184 e. The number of anilines is 1. The normalized spacial score (nSPS) is 11.6. The van der Waals surface area contributed by atoms with E-state index in [2.05, 4.69) is 0 Å². The predicted molar refractivity (Wildman–Crippen MR) is 82.4 cm³/mol. The lowest BCUT2D eigenvalue weighted by atomic mass is 10.0. The fourth-order valence-electron chi connectivity index (χ4n) is 2.47. The summed E-state index contributed by atoms with van der Waals surface area (Å²) in [4.78, 5) is 0.208. The van der Waals surface area contributed by atoms with Gasteiger partial charge in [-0.2, -0.15) is 0 Å². The number of sulfone groups is 1. The van der Waals surface area contributed by atoms with E-state index in [1.54, 1.807) is 24.3 Å². The summed E-state index contributed by atoms with van der Waals surface area (Å²) in [6, 6.07) is 10.6. The molecule has 4 heteroatoms. The van der Waals surface area contributed by atoms with E-state index in [1.165, 1.54) is 0 Å². The quantitative estimate of drug-likeness (QED) is 0.883. The van der Waals surface area contributed by atoms with Crippen LogP contribution in [0.15, 0.2) is 41.3 Å². The molecule has 0 atom stereocenters. The van der Waals surface area contributed by atoms with Crippen LogP contribution in [-0.4, -0.2) is 8.42 Å². The van der Waals surface area contributed by atoms with Crippen LogP contribution in [0.2, 0.25) is 0 Å². The van der Waals surface area contributed by atoms with Crippen LogP contribution in [0.5, 0.6) is 0 Å². The zero-order valence-corrected chi connectivity index (χ0v) is 12.8. The Bertz CT molecular complexity index is 726. The molecule has 0 heterocycles. The maximum atomic E-state index is 12.5. The molecule has 0 spiro atoms. The highest BCUT2D eigenvalue weighted by Crippen LogP contribution is 2.25. The average molecular weight is 289 g/mol. The minimum Gasteiger partial charge on any atom is -0.398 e. The number of rotatable bonds is 3. The number of nitrogen functional groups attached to an aromatic ring is 1. The number of para-hydroxylation sites is 1. The molecule has 0 fully saturated rings. The highest BCUT2D eigenvalue weighted by molar-refractivity contribution is 7.90. The van der Waals surface area contributed by atoms with Crippen molar-refractivity contribution in [1.29, 1.82) is 0 Å². The minimum atomic E-state index is -3.43. The van der Waals surface area contributed by atoms with E-state index >= 15 is 0 Å². The summed E-state index contributed by atoms with van der Waals surface area (Å²) in [5.41, 5.74) is 10.1. The first-order chi connectivity index (χ1) is 9.31. The first kappa shape index (κ1) is 14.6.